The molecule has 0 bridgehead atoms. The number of nitrogens with zero attached hydrogens (tertiary/aromatic N) is 3. The first-order chi connectivity index (χ1) is 19.0. The molecule has 0 aliphatic carbocycles. The molecular formula is C27H21BrF3N5O3S. The number of amides is 1. The standard InChI is InChI=1S/C27H21BrF3N5O3S/c1-15-2-4-16(5-3-15)23-13-24(27(29,30)31)35-25(34-23)22(14-32-35)26(37)33-18-10-19(36(38)39)12-21(11-18)40-20-8-6-17(28)7-9-20/h2-12,14,23-24,34H,13H2,1H3,(H,33,37)/t23-,24+/m0/s1. The second kappa shape index (κ2) is 11.0. The van der Waals surface area contributed by atoms with Crippen molar-refractivity contribution >= 4 is 50.8 Å². The molecule has 2 heterocycles. The number of rotatable bonds is 6. The van der Waals surface area contributed by atoms with Gasteiger partial charge in [0.25, 0.3) is 11.6 Å². The largest absolute Gasteiger partial charge is 0.410 e. The molecule has 5 rings (SSSR count). The fraction of sp³-hybridized carbons (Fsp3) is 0.185. The van der Waals surface area contributed by atoms with Gasteiger partial charge in [0.1, 0.15) is 11.4 Å². The average molecular weight is 632 g/mol. The third kappa shape index (κ3) is 5.99. The first-order valence-electron chi connectivity index (χ1n) is 12.0. The lowest BCUT2D eigenvalue weighted by Crippen LogP contribution is -2.36. The molecule has 2 N–H and O–H groups in total. The number of benzene rings is 3. The van der Waals surface area contributed by atoms with Gasteiger partial charge in [0.2, 0.25) is 0 Å². The van der Waals surface area contributed by atoms with Crippen molar-refractivity contribution in [3.63, 3.8) is 0 Å². The lowest BCUT2D eigenvalue weighted by Gasteiger charge is -2.34. The maximum atomic E-state index is 14.0. The van der Waals surface area contributed by atoms with Crippen molar-refractivity contribution in [3.05, 3.63) is 104 Å². The van der Waals surface area contributed by atoms with E-state index >= 15 is 0 Å². The monoisotopic (exact) mass is 631 g/mol. The van der Waals surface area contributed by atoms with E-state index < -0.39 is 29.1 Å². The number of carbonyl (C=O) groups is 1. The van der Waals surface area contributed by atoms with Crippen molar-refractivity contribution in [2.75, 3.05) is 10.6 Å². The van der Waals surface area contributed by atoms with Gasteiger partial charge in [-0.25, -0.2) is 4.68 Å². The second-order valence-corrected chi connectivity index (χ2v) is 11.3. The lowest BCUT2D eigenvalue weighted by molar-refractivity contribution is -0.385. The number of hydrogen-bond donors (Lipinski definition) is 2. The number of anilines is 2. The van der Waals surface area contributed by atoms with Gasteiger partial charge in [-0.3, -0.25) is 14.9 Å². The molecule has 8 nitrogen and oxygen atoms in total. The van der Waals surface area contributed by atoms with E-state index in [9.17, 15) is 28.1 Å². The third-order valence-electron chi connectivity index (χ3n) is 6.37. The fourth-order valence-corrected chi connectivity index (χ4v) is 5.58. The van der Waals surface area contributed by atoms with E-state index in [2.05, 4.69) is 31.7 Å². The van der Waals surface area contributed by atoms with Gasteiger partial charge in [-0.2, -0.15) is 18.3 Å². The van der Waals surface area contributed by atoms with Crippen molar-refractivity contribution in [1.29, 1.82) is 0 Å². The van der Waals surface area contributed by atoms with Crippen molar-refractivity contribution in [1.82, 2.24) is 9.78 Å². The lowest BCUT2D eigenvalue weighted by atomic mass is 9.96. The van der Waals surface area contributed by atoms with Crippen LogP contribution >= 0.6 is 27.7 Å². The molecule has 0 radical (unpaired) electrons. The summed E-state index contributed by atoms with van der Waals surface area (Å²) >= 11 is 4.62. The van der Waals surface area contributed by atoms with Crippen LogP contribution in [0.5, 0.6) is 0 Å². The molecule has 1 aliphatic heterocycles. The SMILES string of the molecule is Cc1ccc([C@@H]2C[C@H](C(F)(F)F)n3ncc(C(=O)Nc4cc(Sc5ccc(Br)cc5)cc([N+](=O)[O-])c4)c3N2)cc1. The summed E-state index contributed by atoms with van der Waals surface area (Å²) in [5, 5.41) is 21.1. The molecule has 0 saturated heterocycles. The first-order valence-corrected chi connectivity index (χ1v) is 13.6. The quantitative estimate of drug-likeness (QED) is 0.165. The predicted molar refractivity (Wildman–Crippen MR) is 149 cm³/mol. The number of alkyl halides is 3. The van der Waals surface area contributed by atoms with Gasteiger partial charge >= 0.3 is 6.18 Å². The summed E-state index contributed by atoms with van der Waals surface area (Å²) in [4.78, 5) is 25.6. The molecule has 4 aromatic rings. The van der Waals surface area contributed by atoms with Crippen LogP contribution in [-0.2, 0) is 0 Å². The smallest absolute Gasteiger partial charge is 0.363 e. The van der Waals surface area contributed by atoms with Gasteiger partial charge in [-0.1, -0.05) is 57.5 Å². The minimum absolute atomic E-state index is 0.0773. The second-order valence-electron chi connectivity index (χ2n) is 9.23. The molecule has 40 heavy (non-hydrogen) atoms. The third-order valence-corrected chi connectivity index (χ3v) is 7.88. The number of nitrogens with one attached hydrogen (secondary N) is 2. The van der Waals surface area contributed by atoms with Gasteiger partial charge < -0.3 is 10.6 Å². The number of non-ortho nitro benzene ring substituents is 1. The number of nitro benzene ring substituents is 1. The summed E-state index contributed by atoms with van der Waals surface area (Å²) in [5.41, 5.74) is 1.37. The number of carbonyl (C=O) groups excluding carboxylic acids is 1. The maximum absolute atomic E-state index is 14.0. The Hall–Kier alpha value is -3.84. The van der Waals surface area contributed by atoms with E-state index in [4.69, 9.17) is 0 Å². The normalized spacial score (nSPS) is 16.6. The van der Waals surface area contributed by atoms with E-state index in [0.29, 0.717) is 10.5 Å². The molecule has 0 unspecified atom stereocenters. The Morgan fingerprint density at radius 3 is 2.48 bits per heavy atom. The zero-order chi connectivity index (χ0) is 28.6. The van der Waals surface area contributed by atoms with E-state index in [1.54, 1.807) is 18.2 Å². The summed E-state index contributed by atoms with van der Waals surface area (Å²) in [6.07, 6.45) is -3.83. The molecule has 206 valence electrons. The van der Waals surface area contributed by atoms with Crippen molar-refractivity contribution in [2.24, 2.45) is 0 Å². The van der Waals surface area contributed by atoms with Crippen LogP contribution in [0.15, 0.2) is 87.2 Å². The van der Waals surface area contributed by atoms with Gasteiger partial charge in [0.05, 0.1) is 17.2 Å². The first kappa shape index (κ1) is 27.7. The van der Waals surface area contributed by atoms with Crippen LogP contribution in [0.2, 0.25) is 0 Å². The van der Waals surface area contributed by atoms with Crippen LogP contribution in [-0.4, -0.2) is 26.8 Å². The van der Waals surface area contributed by atoms with E-state index in [-0.39, 0.29) is 29.2 Å². The molecule has 13 heteroatoms. The van der Waals surface area contributed by atoms with Crippen molar-refractivity contribution in [3.8, 4) is 0 Å². The Morgan fingerprint density at radius 1 is 1.12 bits per heavy atom. The van der Waals surface area contributed by atoms with E-state index in [0.717, 1.165) is 25.8 Å². The van der Waals surface area contributed by atoms with E-state index in [1.165, 1.54) is 23.9 Å². The zero-order valence-electron chi connectivity index (χ0n) is 20.8. The van der Waals surface area contributed by atoms with Gasteiger partial charge in [-0.05, 0) is 42.8 Å². The molecule has 0 spiro atoms. The maximum Gasteiger partial charge on any atom is 0.410 e. The van der Waals surface area contributed by atoms with Gasteiger partial charge in [0, 0.05) is 38.5 Å². The van der Waals surface area contributed by atoms with Crippen LogP contribution in [0.4, 0.5) is 30.4 Å². The van der Waals surface area contributed by atoms with Gasteiger partial charge in [-0.15, -0.1) is 0 Å². The Morgan fingerprint density at radius 2 is 1.82 bits per heavy atom. The summed E-state index contributed by atoms with van der Waals surface area (Å²) in [5.74, 6) is -0.828. The number of aryl methyl sites for hydroxylation is 1. The summed E-state index contributed by atoms with van der Waals surface area (Å²) < 4.78 is 43.8. The molecular weight excluding hydrogens is 611 g/mol. The van der Waals surface area contributed by atoms with Crippen LogP contribution < -0.4 is 10.6 Å². The highest BCUT2D eigenvalue weighted by Crippen LogP contribution is 2.44. The highest BCUT2D eigenvalue weighted by atomic mass is 79.9. The average Bonchev–Trinajstić information content (AvgIpc) is 3.33. The highest BCUT2D eigenvalue weighted by Gasteiger charge is 2.47. The number of hydrogen-bond acceptors (Lipinski definition) is 6. The number of aromatic nitrogens is 2. The number of fused-ring (bicyclic) bond motifs is 1. The van der Waals surface area contributed by atoms with Crippen molar-refractivity contribution < 1.29 is 22.9 Å². The zero-order valence-corrected chi connectivity index (χ0v) is 23.2. The Labute approximate surface area is 239 Å². The molecule has 2 atom stereocenters. The fourth-order valence-electron chi connectivity index (χ4n) is 4.40. The molecule has 1 aliphatic rings. The topological polar surface area (TPSA) is 102 Å². The number of halogens is 4. The van der Waals surface area contributed by atoms with Crippen LogP contribution in [0.25, 0.3) is 0 Å². The summed E-state index contributed by atoms with van der Waals surface area (Å²) in [6, 6.07) is 15.9. The van der Waals surface area contributed by atoms with Crippen LogP contribution in [0.1, 0.15) is 40.0 Å². The van der Waals surface area contributed by atoms with Crippen LogP contribution in [0.3, 0.4) is 0 Å². The molecule has 0 saturated carbocycles. The Balaban J connectivity index is 1.45. The van der Waals surface area contributed by atoms with Crippen molar-refractivity contribution in [2.45, 2.75) is 41.4 Å². The highest BCUT2D eigenvalue weighted by molar-refractivity contribution is 9.10. The molecule has 1 aromatic heterocycles. The summed E-state index contributed by atoms with van der Waals surface area (Å²) in [6.45, 7) is 1.88. The minimum atomic E-state index is -4.60. The molecule has 0 fully saturated rings. The van der Waals surface area contributed by atoms with E-state index in [1.807, 2.05) is 43.3 Å². The molecule has 1 amide bonds. The Kier molecular flexibility index (Phi) is 7.60. The predicted octanol–water partition coefficient (Wildman–Crippen LogP) is 7.93. The van der Waals surface area contributed by atoms with Gasteiger partial charge in [0.15, 0.2) is 6.04 Å². The summed E-state index contributed by atoms with van der Waals surface area (Å²) in [7, 11) is 0. The Bertz CT molecular complexity index is 1580. The number of nitro groups is 1. The molecule has 3 aromatic carbocycles. The van der Waals surface area contributed by atoms with Crippen LogP contribution in [0, 0.1) is 17.0 Å². The minimum Gasteiger partial charge on any atom is -0.363 e.